The zero-order valence-corrected chi connectivity index (χ0v) is 15.7. The Balaban J connectivity index is 0.00000118. The van der Waals surface area contributed by atoms with E-state index < -0.39 is 15.6 Å². The molecular formula is C19H21NO5S. The molecule has 1 aliphatic carbocycles. The Hall–Kier alpha value is -2.98. The van der Waals surface area contributed by atoms with Gasteiger partial charge in [0.1, 0.15) is 16.3 Å². The average Bonchev–Trinajstić information content (AvgIpc) is 2.64. The van der Waals surface area contributed by atoms with Crippen LogP contribution in [0.15, 0.2) is 55.9 Å². The summed E-state index contributed by atoms with van der Waals surface area (Å²) in [4.78, 5) is 11.5. The van der Waals surface area contributed by atoms with Crippen molar-refractivity contribution in [3.63, 3.8) is 0 Å². The van der Waals surface area contributed by atoms with Gasteiger partial charge in [0.05, 0.1) is 7.11 Å². The molecule has 0 spiro atoms. The molecule has 1 aromatic heterocycles. The summed E-state index contributed by atoms with van der Waals surface area (Å²) < 4.78 is 37.6. The number of methoxy groups -OCH3 is 1. The molecule has 6 nitrogen and oxygen atoms in total. The fraction of sp³-hybridized carbons (Fsp3) is 0.211. The molecule has 0 aliphatic heterocycles. The van der Waals surface area contributed by atoms with Crippen molar-refractivity contribution in [1.82, 2.24) is 4.72 Å². The summed E-state index contributed by atoms with van der Waals surface area (Å²) in [6, 6.07) is 7.88. The molecule has 0 radical (unpaired) electrons. The van der Waals surface area contributed by atoms with Gasteiger partial charge in [-0.1, -0.05) is 26.0 Å². The maximum Gasteiger partial charge on any atom is 0.339 e. The first-order chi connectivity index (χ1) is 12.4. The van der Waals surface area contributed by atoms with E-state index in [2.05, 4.69) is 16.2 Å². The normalized spacial score (nSPS) is 11.8. The van der Waals surface area contributed by atoms with Crippen molar-refractivity contribution in [1.29, 1.82) is 0 Å². The zero-order valence-electron chi connectivity index (χ0n) is 14.9. The lowest BCUT2D eigenvalue weighted by Gasteiger charge is -2.11. The van der Waals surface area contributed by atoms with Crippen molar-refractivity contribution in [2.75, 3.05) is 7.11 Å². The van der Waals surface area contributed by atoms with Crippen LogP contribution in [0.5, 0.6) is 5.75 Å². The maximum absolute atomic E-state index is 12.5. The second kappa shape index (κ2) is 7.93. The van der Waals surface area contributed by atoms with Gasteiger partial charge in [-0.15, -0.1) is 0 Å². The highest BCUT2D eigenvalue weighted by Crippen LogP contribution is 2.23. The van der Waals surface area contributed by atoms with Crippen LogP contribution in [-0.2, 0) is 10.0 Å². The minimum Gasteiger partial charge on any atom is -0.495 e. The monoisotopic (exact) mass is 375 g/mol. The fourth-order valence-corrected chi connectivity index (χ4v) is 3.39. The largest absolute Gasteiger partial charge is 0.495 e. The molecule has 0 atom stereocenters. The van der Waals surface area contributed by atoms with Gasteiger partial charge in [0.2, 0.25) is 0 Å². The predicted octanol–water partition coefficient (Wildman–Crippen LogP) is 1.42. The van der Waals surface area contributed by atoms with E-state index in [1.807, 2.05) is 13.8 Å². The van der Waals surface area contributed by atoms with Gasteiger partial charge in [-0.05, 0) is 42.7 Å². The maximum atomic E-state index is 12.5. The summed E-state index contributed by atoms with van der Waals surface area (Å²) >= 11 is 0. The lowest BCUT2D eigenvalue weighted by Crippen LogP contribution is -2.32. The van der Waals surface area contributed by atoms with Gasteiger partial charge < -0.3 is 9.15 Å². The summed E-state index contributed by atoms with van der Waals surface area (Å²) in [5.74, 6) is 0.233. The predicted molar refractivity (Wildman–Crippen MR) is 101 cm³/mol. The highest BCUT2D eigenvalue weighted by molar-refractivity contribution is 7.89. The minimum absolute atomic E-state index is 0. The van der Waals surface area contributed by atoms with E-state index in [0.717, 1.165) is 0 Å². The molecule has 0 bridgehead atoms. The number of hydrogen-bond acceptors (Lipinski definition) is 5. The van der Waals surface area contributed by atoms with Gasteiger partial charge in [-0.2, -0.15) is 0 Å². The van der Waals surface area contributed by atoms with E-state index >= 15 is 0 Å². The molecule has 0 amide bonds. The van der Waals surface area contributed by atoms with Gasteiger partial charge in [0.25, 0.3) is 10.0 Å². The standard InChI is InChI=1S/C17H13NO5S.C2H6.H2/c1-11-9-12-10-13(7-8-14(12)23-17(11)19)18-24(20,21)16-6-4-3-5-15(16)22-2;1-2;/h3-6,9-10,18H,1-2H3;1-2H3;1H. The number of hydrogen-bond donors (Lipinski definition) is 1. The second-order valence-corrected chi connectivity index (χ2v) is 6.72. The number of rotatable bonds is 4. The van der Waals surface area contributed by atoms with Crippen LogP contribution in [0.2, 0.25) is 0 Å². The highest BCUT2D eigenvalue weighted by atomic mass is 32.2. The van der Waals surface area contributed by atoms with Crippen LogP contribution in [0.3, 0.4) is 0 Å². The Bertz CT molecular complexity index is 1190. The van der Waals surface area contributed by atoms with E-state index in [1.54, 1.807) is 31.2 Å². The number of nitrogens with one attached hydrogen (secondary N) is 1. The van der Waals surface area contributed by atoms with Crippen LogP contribution in [0.1, 0.15) is 20.8 Å². The Kier molecular flexibility index (Phi) is 5.90. The highest BCUT2D eigenvalue weighted by Gasteiger charge is 2.19. The number of allylic oxidation sites excluding steroid dienone is 1. The molecule has 0 fully saturated rings. The third-order valence-corrected chi connectivity index (χ3v) is 4.77. The van der Waals surface area contributed by atoms with E-state index in [9.17, 15) is 13.2 Å². The van der Waals surface area contributed by atoms with Crippen molar-refractivity contribution in [2.45, 2.75) is 25.7 Å². The average molecular weight is 375 g/mol. The van der Waals surface area contributed by atoms with Gasteiger partial charge >= 0.3 is 5.63 Å². The summed E-state index contributed by atoms with van der Waals surface area (Å²) in [5, 5.41) is 0.545. The smallest absolute Gasteiger partial charge is 0.339 e. The molecule has 1 N–H and O–H groups in total. The van der Waals surface area contributed by atoms with Gasteiger partial charge in [0, 0.05) is 12.2 Å². The molecule has 0 saturated heterocycles. The lowest BCUT2D eigenvalue weighted by molar-refractivity contribution is 0.402. The van der Waals surface area contributed by atoms with Crippen molar-refractivity contribution in [3.05, 3.63) is 68.4 Å². The van der Waals surface area contributed by atoms with Gasteiger partial charge in [-0.25, -0.2) is 13.2 Å². The molecular weight excluding hydrogens is 354 g/mol. The molecule has 1 aromatic carbocycles. The first kappa shape index (κ1) is 19.3. The number of para-hydroxylation sites is 1. The topological polar surface area (TPSA) is 85.6 Å². The quantitative estimate of drug-likeness (QED) is 0.817. The fourth-order valence-electron chi connectivity index (χ4n) is 2.21. The molecule has 26 heavy (non-hydrogen) atoms. The molecule has 0 unspecified atom stereocenters. The number of sulfonamides is 1. The van der Waals surface area contributed by atoms with Gasteiger partial charge in [-0.3, -0.25) is 4.72 Å². The molecule has 1 heterocycles. The lowest BCUT2D eigenvalue weighted by atomic mass is 10.2. The van der Waals surface area contributed by atoms with E-state index in [4.69, 9.17) is 9.15 Å². The number of benzene rings is 1. The van der Waals surface area contributed by atoms with Crippen LogP contribution < -0.4 is 25.7 Å². The van der Waals surface area contributed by atoms with Crippen molar-refractivity contribution in [3.8, 4) is 5.75 Å². The minimum atomic E-state index is -3.86. The van der Waals surface area contributed by atoms with Crippen molar-refractivity contribution in [2.24, 2.45) is 0 Å². The number of ether oxygens (including phenoxy) is 1. The molecule has 7 heteroatoms. The van der Waals surface area contributed by atoms with Crippen LogP contribution in [0, 0.1) is 6.92 Å². The molecule has 0 saturated carbocycles. The van der Waals surface area contributed by atoms with Crippen LogP contribution in [-0.4, -0.2) is 15.5 Å². The number of aryl methyl sites for hydroxylation is 1. The first-order valence-electron chi connectivity index (χ1n) is 7.95. The van der Waals surface area contributed by atoms with Crippen LogP contribution >= 0.6 is 0 Å². The zero-order chi connectivity index (χ0) is 19.3. The second-order valence-electron chi connectivity index (χ2n) is 5.07. The molecule has 2 aromatic rings. The summed E-state index contributed by atoms with van der Waals surface area (Å²) in [6.07, 6.45) is 1.52. The summed E-state index contributed by atoms with van der Waals surface area (Å²) in [5.41, 5.74) is 5.62. The third kappa shape index (κ3) is 3.98. The Labute approximate surface area is 153 Å². The Morgan fingerprint density at radius 1 is 1.19 bits per heavy atom. The Morgan fingerprint density at radius 3 is 2.58 bits per heavy atom. The third-order valence-electron chi connectivity index (χ3n) is 3.36. The SMILES string of the molecule is CC.COc1ccccc1S(=O)(=O)NC1=C=C=c2oc(=O)c(C)cc2=C1.[HH]. The van der Waals surface area contributed by atoms with Crippen LogP contribution in [0.25, 0.3) is 11.8 Å². The molecule has 3 rings (SSSR count). The van der Waals surface area contributed by atoms with Crippen molar-refractivity contribution < 1.29 is 19.0 Å². The molecule has 138 valence electrons. The van der Waals surface area contributed by atoms with Crippen molar-refractivity contribution >= 4 is 21.8 Å². The Morgan fingerprint density at radius 2 is 1.88 bits per heavy atom. The summed E-state index contributed by atoms with van der Waals surface area (Å²) in [7, 11) is -2.46. The van der Waals surface area contributed by atoms with E-state index in [1.165, 1.54) is 19.3 Å². The number of fused-ring (bicyclic) bond motifs is 1. The first-order valence-corrected chi connectivity index (χ1v) is 9.43. The summed E-state index contributed by atoms with van der Waals surface area (Å²) in [6.45, 7) is 5.61. The van der Waals surface area contributed by atoms with E-state index in [0.29, 0.717) is 10.8 Å². The van der Waals surface area contributed by atoms with E-state index in [-0.39, 0.29) is 23.2 Å². The van der Waals surface area contributed by atoms with Crippen LogP contribution in [0.4, 0.5) is 0 Å². The van der Waals surface area contributed by atoms with Gasteiger partial charge in [0.15, 0.2) is 5.42 Å². The molecule has 1 aliphatic rings.